The van der Waals surface area contributed by atoms with E-state index in [2.05, 4.69) is 0 Å². The number of nitrogens with zero attached hydrogens (tertiary/aromatic N) is 1. The third kappa shape index (κ3) is 3.42. The lowest BCUT2D eigenvalue weighted by molar-refractivity contribution is -0.387. The van der Waals surface area contributed by atoms with Crippen LogP contribution in [0.15, 0.2) is 18.2 Å². The first-order valence-electron chi connectivity index (χ1n) is 4.15. The molecule has 0 aliphatic heterocycles. The highest BCUT2D eigenvalue weighted by molar-refractivity contribution is 8.13. The molecule has 0 atom stereocenters. The van der Waals surface area contributed by atoms with E-state index in [1.165, 1.54) is 12.1 Å². The summed E-state index contributed by atoms with van der Waals surface area (Å²) in [5.41, 5.74) is -0.720. The van der Waals surface area contributed by atoms with Gasteiger partial charge in [0.1, 0.15) is 0 Å². The van der Waals surface area contributed by atoms with Crippen LogP contribution in [0.4, 0.5) is 10.1 Å². The maximum Gasteiger partial charge on any atom is 0.305 e. The van der Waals surface area contributed by atoms with Gasteiger partial charge in [-0.1, -0.05) is 12.1 Å². The number of rotatable bonds is 4. The van der Waals surface area contributed by atoms with Crippen LogP contribution in [-0.4, -0.2) is 19.1 Å². The lowest BCUT2D eigenvalue weighted by Crippen LogP contribution is -2.04. The van der Waals surface area contributed by atoms with Crippen LogP contribution in [0.2, 0.25) is 0 Å². The molecule has 0 amide bonds. The zero-order chi connectivity index (χ0) is 12.3. The fourth-order valence-electron chi connectivity index (χ4n) is 1.13. The zero-order valence-electron chi connectivity index (χ0n) is 7.89. The topological polar surface area (TPSA) is 77.3 Å². The van der Waals surface area contributed by atoms with Gasteiger partial charge in [0.05, 0.1) is 10.7 Å². The Kier molecular flexibility index (Phi) is 3.82. The number of hydrogen-bond donors (Lipinski definition) is 0. The van der Waals surface area contributed by atoms with Crippen LogP contribution in [0.3, 0.4) is 0 Å². The predicted molar refractivity (Wildman–Crippen MR) is 56.4 cm³/mol. The van der Waals surface area contributed by atoms with Crippen LogP contribution in [0.5, 0.6) is 0 Å². The number of nitro benzene ring substituents is 1. The van der Waals surface area contributed by atoms with Crippen LogP contribution in [0.1, 0.15) is 5.56 Å². The summed E-state index contributed by atoms with van der Waals surface area (Å²) in [7, 11) is 1.22. The SMILES string of the molecule is O=[N+]([O-])c1cccc(CCS(=O)(=O)Cl)c1F. The first-order chi connectivity index (χ1) is 7.31. The second-order valence-corrected chi connectivity index (χ2v) is 5.90. The summed E-state index contributed by atoms with van der Waals surface area (Å²) in [4.78, 5) is 9.53. The highest BCUT2D eigenvalue weighted by atomic mass is 35.7. The van der Waals surface area contributed by atoms with E-state index in [0.29, 0.717) is 0 Å². The Hall–Kier alpha value is -1.21. The molecule has 0 N–H and O–H groups in total. The van der Waals surface area contributed by atoms with Gasteiger partial charge in [0, 0.05) is 16.7 Å². The summed E-state index contributed by atoms with van der Waals surface area (Å²) in [6, 6.07) is 3.58. The van der Waals surface area contributed by atoms with E-state index in [4.69, 9.17) is 10.7 Å². The Morgan fingerprint density at radius 2 is 2.06 bits per heavy atom. The zero-order valence-corrected chi connectivity index (χ0v) is 9.46. The minimum Gasteiger partial charge on any atom is -0.258 e. The molecule has 0 aromatic heterocycles. The molecule has 1 aromatic rings. The standard InChI is InChI=1S/C8H7ClFNO4S/c9-16(14,15)5-4-6-2-1-3-7(8(6)10)11(12)13/h1-3H,4-5H2. The Bertz CT molecular complexity index is 517. The van der Waals surface area contributed by atoms with Gasteiger partial charge in [-0.05, 0) is 12.0 Å². The minimum atomic E-state index is -3.74. The Morgan fingerprint density at radius 1 is 1.44 bits per heavy atom. The van der Waals surface area contributed by atoms with Crippen LogP contribution in [0.25, 0.3) is 0 Å². The van der Waals surface area contributed by atoms with Crippen LogP contribution < -0.4 is 0 Å². The van der Waals surface area contributed by atoms with E-state index in [1.54, 1.807) is 0 Å². The van der Waals surface area contributed by atoms with E-state index in [1.807, 2.05) is 0 Å². The minimum absolute atomic E-state index is 0.0431. The molecule has 0 saturated carbocycles. The molecule has 1 aromatic carbocycles. The van der Waals surface area contributed by atoms with Gasteiger partial charge in [-0.15, -0.1) is 0 Å². The Balaban J connectivity index is 2.98. The van der Waals surface area contributed by atoms with E-state index in [0.717, 1.165) is 6.07 Å². The highest BCUT2D eigenvalue weighted by Gasteiger charge is 2.18. The fraction of sp³-hybridized carbons (Fsp3) is 0.250. The maximum atomic E-state index is 13.4. The fourth-order valence-corrected chi connectivity index (χ4v) is 1.83. The molecule has 1 rings (SSSR count). The molecule has 0 radical (unpaired) electrons. The molecule has 0 fully saturated rings. The van der Waals surface area contributed by atoms with Crippen molar-refractivity contribution in [2.45, 2.75) is 6.42 Å². The van der Waals surface area contributed by atoms with Crippen molar-refractivity contribution in [3.05, 3.63) is 39.7 Å². The number of halogens is 2. The van der Waals surface area contributed by atoms with Crippen LogP contribution >= 0.6 is 10.7 Å². The molecular formula is C8H7ClFNO4S. The summed E-state index contributed by atoms with van der Waals surface area (Å²) in [6.45, 7) is 0. The average molecular weight is 268 g/mol. The van der Waals surface area contributed by atoms with Crippen molar-refractivity contribution >= 4 is 25.4 Å². The van der Waals surface area contributed by atoms with Crippen molar-refractivity contribution in [1.82, 2.24) is 0 Å². The number of hydrogen-bond acceptors (Lipinski definition) is 4. The Labute approximate surface area is 95.4 Å². The summed E-state index contributed by atoms with van der Waals surface area (Å²) in [5, 5.41) is 10.4. The van der Waals surface area contributed by atoms with Gasteiger partial charge < -0.3 is 0 Å². The molecule has 0 aliphatic carbocycles. The maximum absolute atomic E-state index is 13.4. The summed E-state index contributed by atoms with van der Waals surface area (Å²) >= 11 is 0. The predicted octanol–water partition coefficient (Wildman–Crippen LogP) is 1.85. The molecule has 0 spiro atoms. The normalized spacial score (nSPS) is 11.4. The Morgan fingerprint density at radius 3 is 2.56 bits per heavy atom. The summed E-state index contributed by atoms with van der Waals surface area (Å²) < 4.78 is 34.7. The molecule has 0 heterocycles. The van der Waals surface area contributed by atoms with Crippen molar-refractivity contribution in [3.63, 3.8) is 0 Å². The smallest absolute Gasteiger partial charge is 0.258 e. The molecule has 5 nitrogen and oxygen atoms in total. The summed E-state index contributed by atoms with van der Waals surface area (Å²) in [6.07, 6.45) is -0.195. The third-order valence-corrected chi connectivity index (χ3v) is 3.02. The van der Waals surface area contributed by atoms with Crippen molar-refractivity contribution in [2.24, 2.45) is 0 Å². The molecular weight excluding hydrogens is 261 g/mol. The van der Waals surface area contributed by atoms with Gasteiger partial charge in [0.2, 0.25) is 14.9 Å². The van der Waals surface area contributed by atoms with Gasteiger partial charge >= 0.3 is 5.69 Å². The second-order valence-electron chi connectivity index (χ2n) is 3.00. The summed E-state index contributed by atoms with van der Waals surface area (Å²) in [5.74, 6) is -1.49. The molecule has 88 valence electrons. The quantitative estimate of drug-likeness (QED) is 0.474. The highest BCUT2D eigenvalue weighted by Crippen LogP contribution is 2.21. The monoisotopic (exact) mass is 267 g/mol. The van der Waals surface area contributed by atoms with Crippen molar-refractivity contribution < 1.29 is 17.7 Å². The number of benzene rings is 1. The molecule has 0 saturated heterocycles. The number of nitro groups is 1. The second kappa shape index (κ2) is 4.75. The van der Waals surface area contributed by atoms with E-state index >= 15 is 0 Å². The van der Waals surface area contributed by atoms with Gasteiger partial charge in [0.25, 0.3) is 0 Å². The largest absolute Gasteiger partial charge is 0.305 e. The van der Waals surface area contributed by atoms with Gasteiger partial charge in [-0.2, -0.15) is 4.39 Å². The van der Waals surface area contributed by atoms with Gasteiger partial charge in [-0.3, -0.25) is 10.1 Å². The van der Waals surface area contributed by atoms with E-state index in [-0.39, 0.29) is 12.0 Å². The van der Waals surface area contributed by atoms with Crippen molar-refractivity contribution in [2.75, 3.05) is 5.75 Å². The number of aryl methyl sites for hydroxylation is 1. The van der Waals surface area contributed by atoms with E-state index in [9.17, 15) is 22.9 Å². The van der Waals surface area contributed by atoms with E-state index < -0.39 is 31.2 Å². The molecule has 8 heteroatoms. The lowest BCUT2D eigenvalue weighted by Gasteiger charge is -2.01. The first-order valence-corrected chi connectivity index (χ1v) is 6.63. The first kappa shape index (κ1) is 12.9. The van der Waals surface area contributed by atoms with Gasteiger partial charge in [-0.25, -0.2) is 8.42 Å². The van der Waals surface area contributed by atoms with Gasteiger partial charge in [0.15, 0.2) is 0 Å². The average Bonchev–Trinajstić information content (AvgIpc) is 2.14. The third-order valence-electron chi connectivity index (χ3n) is 1.87. The van der Waals surface area contributed by atoms with Crippen LogP contribution in [-0.2, 0) is 15.5 Å². The van der Waals surface area contributed by atoms with Crippen molar-refractivity contribution in [1.29, 1.82) is 0 Å². The van der Waals surface area contributed by atoms with Crippen LogP contribution in [0, 0.1) is 15.9 Å². The van der Waals surface area contributed by atoms with Crippen molar-refractivity contribution in [3.8, 4) is 0 Å². The molecule has 0 unspecified atom stereocenters. The molecule has 0 bridgehead atoms. The lowest BCUT2D eigenvalue weighted by atomic mass is 10.1. The molecule has 0 aliphatic rings. The molecule has 16 heavy (non-hydrogen) atoms.